The summed E-state index contributed by atoms with van der Waals surface area (Å²) in [4.78, 5) is 15.0. The van der Waals surface area contributed by atoms with Crippen LogP contribution >= 0.6 is 23.2 Å². The van der Waals surface area contributed by atoms with Gasteiger partial charge in [0.2, 0.25) is 0 Å². The first kappa shape index (κ1) is 10.3. The molecule has 0 radical (unpaired) electrons. The van der Waals surface area contributed by atoms with Gasteiger partial charge in [-0.1, -0.05) is 23.2 Å². The van der Waals surface area contributed by atoms with Crippen molar-refractivity contribution in [2.24, 2.45) is 0 Å². The van der Waals surface area contributed by atoms with Gasteiger partial charge in [-0.2, -0.15) is 4.98 Å². The van der Waals surface area contributed by atoms with E-state index in [1.807, 2.05) is 0 Å². The average molecular weight is 219 g/mol. The van der Waals surface area contributed by atoms with Crippen molar-refractivity contribution < 1.29 is 0 Å². The van der Waals surface area contributed by atoms with Crippen LogP contribution in [0.15, 0.2) is 27.6 Å². The average Bonchev–Trinajstić information content (AvgIpc) is 2.09. The van der Waals surface area contributed by atoms with E-state index in [1.165, 1.54) is 10.1 Å². The van der Waals surface area contributed by atoms with Crippen LogP contribution in [0.5, 0.6) is 0 Å². The van der Waals surface area contributed by atoms with Crippen LogP contribution in [-0.2, 0) is 6.54 Å². The zero-order chi connectivity index (χ0) is 9.84. The van der Waals surface area contributed by atoms with Gasteiger partial charge in [0.05, 0.1) is 6.54 Å². The van der Waals surface area contributed by atoms with Crippen LogP contribution in [0.4, 0.5) is 0 Å². The largest absolute Gasteiger partial charge is 0.348 e. The monoisotopic (exact) mass is 218 g/mol. The highest BCUT2D eigenvalue weighted by molar-refractivity contribution is 6.36. The van der Waals surface area contributed by atoms with Crippen LogP contribution in [0.1, 0.15) is 5.69 Å². The number of halogens is 2. The highest BCUT2D eigenvalue weighted by Crippen LogP contribution is 2.04. The third-order valence-corrected chi connectivity index (χ3v) is 2.06. The minimum atomic E-state index is -0.323. The van der Waals surface area contributed by atoms with Gasteiger partial charge in [0.25, 0.3) is 0 Å². The Balaban J connectivity index is 2.97. The van der Waals surface area contributed by atoms with E-state index < -0.39 is 0 Å². The van der Waals surface area contributed by atoms with E-state index in [-0.39, 0.29) is 12.2 Å². The molecule has 0 bridgehead atoms. The first-order valence-corrected chi connectivity index (χ1v) is 4.44. The highest BCUT2D eigenvalue weighted by Gasteiger charge is 1.98. The molecule has 0 saturated heterocycles. The lowest BCUT2D eigenvalue weighted by Crippen LogP contribution is -2.22. The smallest absolute Gasteiger partial charge is 0.294 e. The summed E-state index contributed by atoms with van der Waals surface area (Å²) in [5.74, 6) is 0. The van der Waals surface area contributed by atoms with Crippen molar-refractivity contribution in [3.63, 3.8) is 0 Å². The lowest BCUT2D eigenvalue weighted by Gasteiger charge is -2.02. The Morgan fingerprint density at radius 1 is 1.77 bits per heavy atom. The van der Waals surface area contributed by atoms with Crippen molar-refractivity contribution in [1.82, 2.24) is 9.55 Å². The molecule has 1 aromatic heterocycles. The number of aryl methyl sites for hydroxylation is 1. The summed E-state index contributed by atoms with van der Waals surface area (Å²) >= 11 is 11.0. The Hall–Kier alpha value is -0.800. The molecule has 0 atom stereocenters. The number of hydrogen-bond donors (Lipinski definition) is 0. The zero-order valence-corrected chi connectivity index (χ0v) is 8.51. The van der Waals surface area contributed by atoms with Gasteiger partial charge < -0.3 is 0 Å². The summed E-state index contributed by atoms with van der Waals surface area (Å²) in [6.45, 7) is 2.02. The van der Waals surface area contributed by atoms with Gasteiger partial charge in [-0.15, -0.1) is 0 Å². The van der Waals surface area contributed by atoms with Gasteiger partial charge in [-0.05, 0) is 13.0 Å². The molecule has 3 nitrogen and oxygen atoms in total. The molecule has 0 fully saturated rings. The minimum Gasteiger partial charge on any atom is -0.294 e. The number of rotatable bonds is 2. The second-order valence-electron chi connectivity index (χ2n) is 2.54. The SMILES string of the molecule is Cc1ccn(C/C(Cl)=C/Cl)c(=O)n1. The van der Waals surface area contributed by atoms with Crippen LogP contribution in [0.2, 0.25) is 0 Å². The summed E-state index contributed by atoms with van der Waals surface area (Å²) in [6, 6.07) is 1.74. The standard InChI is InChI=1S/C8H8Cl2N2O/c1-6-2-3-12(8(13)11-6)5-7(10)4-9/h2-4H,5H2,1H3/b7-4-. The van der Waals surface area contributed by atoms with Crippen LogP contribution in [0.25, 0.3) is 0 Å². The quantitative estimate of drug-likeness (QED) is 0.760. The fourth-order valence-corrected chi connectivity index (χ4v) is 1.03. The van der Waals surface area contributed by atoms with Crippen LogP contribution in [-0.4, -0.2) is 9.55 Å². The molecule has 0 unspecified atom stereocenters. The van der Waals surface area contributed by atoms with Gasteiger partial charge in [-0.3, -0.25) is 4.57 Å². The molecule has 1 aromatic rings. The third-order valence-electron chi connectivity index (χ3n) is 1.45. The molecule has 0 aliphatic heterocycles. The summed E-state index contributed by atoms with van der Waals surface area (Å²) in [5.41, 5.74) is 1.59. The van der Waals surface area contributed by atoms with E-state index in [2.05, 4.69) is 4.98 Å². The fraction of sp³-hybridized carbons (Fsp3) is 0.250. The number of allylic oxidation sites excluding steroid dienone is 1. The summed E-state index contributed by atoms with van der Waals surface area (Å²) < 4.78 is 1.38. The van der Waals surface area contributed by atoms with E-state index in [0.717, 1.165) is 0 Å². The summed E-state index contributed by atoms with van der Waals surface area (Å²) in [5, 5.41) is 0.398. The fourth-order valence-electron chi connectivity index (χ4n) is 0.832. The van der Waals surface area contributed by atoms with Gasteiger partial charge in [0.15, 0.2) is 0 Å². The van der Waals surface area contributed by atoms with Crippen LogP contribution in [0, 0.1) is 6.92 Å². The highest BCUT2D eigenvalue weighted by atomic mass is 35.5. The molecule has 0 saturated carbocycles. The van der Waals surface area contributed by atoms with Crippen LogP contribution in [0.3, 0.4) is 0 Å². The van der Waals surface area contributed by atoms with Crippen molar-refractivity contribution in [3.8, 4) is 0 Å². The first-order valence-electron chi connectivity index (χ1n) is 3.62. The summed E-state index contributed by atoms with van der Waals surface area (Å²) in [6.07, 6.45) is 1.63. The predicted molar refractivity (Wildman–Crippen MR) is 53.0 cm³/mol. The Morgan fingerprint density at radius 2 is 2.46 bits per heavy atom. The number of hydrogen-bond acceptors (Lipinski definition) is 2. The molecular formula is C8H8Cl2N2O. The molecule has 0 spiro atoms. The molecule has 70 valence electrons. The Morgan fingerprint density at radius 3 is 3.00 bits per heavy atom. The molecule has 0 amide bonds. The lowest BCUT2D eigenvalue weighted by atomic mass is 10.4. The Bertz CT molecular complexity index is 384. The number of nitrogens with zero attached hydrogens (tertiary/aromatic N) is 2. The number of aromatic nitrogens is 2. The maximum Gasteiger partial charge on any atom is 0.348 e. The lowest BCUT2D eigenvalue weighted by molar-refractivity contribution is 0.729. The molecule has 1 rings (SSSR count). The van der Waals surface area contributed by atoms with E-state index in [4.69, 9.17) is 23.2 Å². The van der Waals surface area contributed by atoms with E-state index in [1.54, 1.807) is 19.2 Å². The Labute approximate surface area is 85.6 Å². The van der Waals surface area contributed by atoms with E-state index >= 15 is 0 Å². The molecule has 0 aromatic carbocycles. The molecular weight excluding hydrogens is 211 g/mol. The molecule has 0 N–H and O–H groups in total. The molecule has 1 heterocycles. The van der Waals surface area contributed by atoms with Crippen molar-refractivity contribution in [2.75, 3.05) is 0 Å². The van der Waals surface area contributed by atoms with Gasteiger partial charge in [0, 0.05) is 22.5 Å². The predicted octanol–water partition coefficient (Wildman–Crippen LogP) is 1.87. The maximum atomic E-state index is 11.2. The van der Waals surface area contributed by atoms with E-state index in [0.29, 0.717) is 10.7 Å². The van der Waals surface area contributed by atoms with Crippen molar-refractivity contribution in [3.05, 3.63) is 39.0 Å². The second-order valence-corrected chi connectivity index (χ2v) is 3.24. The second kappa shape index (κ2) is 4.44. The summed E-state index contributed by atoms with van der Waals surface area (Å²) in [7, 11) is 0. The topological polar surface area (TPSA) is 34.9 Å². The van der Waals surface area contributed by atoms with E-state index in [9.17, 15) is 4.79 Å². The molecule has 13 heavy (non-hydrogen) atoms. The molecule has 0 aliphatic rings. The molecule has 5 heteroatoms. The first-order chi connectivity index (χ1) is 6.13. The van der Waals surface area contributed by atoms with Crippen molar-refractivity contribution >= 4 is 23.2 Å². The third kappa shape index (κ3) is 2.86. The van der Waals surface area contributed by atoms with Gasteiger partial charge in [0.1, 0.15) is 0 Å². The van der Waals surface area contributed by atoms with Crippen molar-refractivity contribution in [1.29, 1.82) is 0 Å². The van der Waals surface area contributed by atoms with Gasteiger partial charge in [-0.25, -0.2) is 4.79 Å². The van der Waals surface area contributed by atoms with Gasteiger partial charge >= 0.3 is 5.69 Å². The molecule has 0 aliphatic carbocycles. The minimum absolute atomic E-state index is 0.261. The van der Waals surface area contributed by atoms with Crippen molar-refractivity contribution in [2.45, 2.75) is 13.5 Å². The Kier molecular flexibility index (Phi) is 3.51. The normalized spacial score (nSPS) is 11.8. The maximum absolute atomic E-state index is 11.2. The zero-order valence-electron chi connectivity index (χ0n) is 7.00. The van der Waals surface area contributed by atoms with Crippen LogP contribution < -0.4 is 5.69 Å².